The molecular weight excluding hydrogens is 242 g/mol. The highest BCUT2D eigenvalue weighted by Crippen LogP contribution is 2.18. The van der Waals surface area contributed by atoms with Crippen molar-refractivity contribution in [2.45, 2.75) is 44.6 Å². The van der Waals surface area contributed by atoms with Gasteiger partial charge in [0.1, 0.15) is 0 Å². The molecule has 0 radical (unpaired) electrons. The molecule has 1 aromatic heterocycles. The molecular formula is C14H23N3S. The van der Waals surface area contributed by atoms with Crippen molar-refractivity contribution in [2.75, 3.05) is 13.6 Å². The van der Waals surface area contributed by atoms with Crippen molar-refractivity contribution in [1.29, 1.82) is 0 Å². The van der Waals surface area contributed by atoms with Gasteiger partial charge in [-0.2, -0.15) is 11.3 Å². The van der Waals surface area contributed by atoms with Crippen molar-refractivity contribution in [3.63, 3.8) is 0 Å². The first-order valence-electron chi connectivity index (χ1n) is 6.79. The quantitative estimate of drug-likeness (QED) is 0.648. The summed E-state index contributed by atoms with van der Waals surface area (Å²) in [5, 5.41) is 11.3. The molecule has 1 aliphatic rings. The molecule has 1 fully saturated rings. The lowest BCUT2D eigenvalue weighted by atomic mass is 10.1. The van der Waals surface area contributed by atoms with Crippen molar-refractivity contribution in [3.05, 3.63) is 22.4 Å². The summed E-state index contributed by atoms with van der Waals surface area (Å²) in [6, 6.07) is 2.82. The van der Waals surface area contributed by atoms with E-state index in [-0.39, 0.29) is 0 Å². The van der Waals surface area contributed by atoms with E-state index < -0.39 is 0 Å². The van der Waals surface area contributed by atoms with Crippen LogP contribution in [0.15, 0.2) is 21.8 Å². The van der Waals surface area contributed by atoms with Crippen molar-refractivity contribution in [1.82, 2.24) is 10.6 Å². The second kappa shape index (κ2) is 6.78. The van der Waals surface area contributed by atoms with Crippen LogP contribution in [-0.2, 0) is 0 Å². The van der Waals surface area contributed by atoms with Crippen molar-refractivity contribution in [3.8, 4) is 0 Å². The first kappa shape index (κ1) is 13.4. The third kappa shape index (κ3) is 3.73. The molecule has 100 valence electrons. The van der Waals surface area contributed by atoms with E-state index in [1.807, 2.05) is 7.05 Å². The third-order valence-electron chi connectivity index (χ3n) is 3.61. The van der Waals surface area contributed by atoms with E-state index in [4.69, 9.17) is 0 Å². The molecule has 1 heterocycles. The number of hydrogen-bond acceptors (Lipinski definition) is 2. The standard InChI is InChI=1S/C14H23N3S/c1-11(12-7-8-18-10-12)9-16-14(15-2)17-13-5-3-4-6-13/h7-8,10-11,13H,3-6,9H2,1-2H3,(H2,15,16,17). The van der Waals surface area contributed by atoms with Crippen LogP contribution >= 0.6 is 11.3 Å². The van der Waals surface area contributed by atoms with Gasteiger partial charge in [0.25, 0.3) is 0 Å². The van der Waals surface area contributed by atoms with Crippen molar-refractivity contribution >= 4 is 17.3 Å². The zero-order valence-electron chi connectivity index (χ0n) is 11.3. The van der Waals surface area contributed by atoms with Gasteiger partial charge in [-0.15, -0.1) is 0 Å². The molecule has 0 aromatic carbocycles. The molecule has 1 aliphatic carbocycles. The van der Waals surface area contributed by atoms with Gasteiger partial charge in [-0.25, -0.2) is 0 Å². The molecule has 1 unspecified atom stereocenters. The normalized spacial score (nSPS) is 18.9. The number of rotatable bonds is 4. The van der Waals surface area contributed by atoms with Crippen LogP contribution in [0.2, 0.25) is 0 Å². The minimum Gasteiger partial charge on any atom is -0.356 e. The Morgan fingerprint density at radius 3 is 2.89 bits per heavy atom. The first-order chi connectivity index (χ1) is 8.79. The molecule has 4 heteroatoms. The van der Waals surface area contributed by atoms with Crippen LogP contribution in [0.5, 0.6) is 0 Å². The minimum atomic E-state index is 0.526. The fraction of sp³-hybridized carbons (Fsp3) is 0.643. The summed E-state index contributed by atoms with van der Waals surface area (Å²) in [4.78, 5) is 4.30. The molecule has 2 rings (SSSR count). The second-order valence-electron chi connectivity index (χ2n) is 5.04. The van der Waals surface area contributed by atoms with Crippen LogP contribution in [-0.4, -0.2) is 25.6 Å². The topological polar surface area (TPSA) is 36.4 Å². The Hall–Kier alpha value is -1.03. The monoisotopic (exact) mass is 265 g/mol. The van der Waals surface area contributed by atoms with E-state index in [0.29, 0.717) is 12.0 Å². The van der Waals surface area contributed by atoms with Gasteiger partial charge in [0, 0.05) is 19.6 Å². The molecule has 0 bridgehead atoms. The number of nitrogens with one attached hydrogen (secondary N) is 2. The number of nitrogens with zero attached hydrogens (tertiary/aromatic N) is 1. The lowest BCUT2D eigenvalue weighted by molar-refractivity contribution is 0.605. The number of aliphatic imine (C=N–C) groups is 1. The van der Waals surface area contributed by atoms with Gasteiger partial charge >= 0.3 is 0 Å². The molecule has 0 spiro atoms. The Kier molecular flexibility index (Phi) is 5.05. The average Bonchev–Trinajstić information content (AvgIpc) is 3.06. The highest BCUT2D eigenvalue weighted by Gasteiger charge is 2.16. The summed E-state index contributed by atoms with van der Waals surface area (Å²) in [5.41, 5.74) is 1.41. The molecule has 1 saturated carbocycles. The molecule has 3 nitrogen and oxygen atoms in total. The molecule has 1 aromatic rings. The maximum atomic E-state index is 4.30. The summed E-state index contributed by atoms with van der Waals surface area (Å²) >= 11 is 1.76. The third-order valence-corrected chi connectivity index (χ3v) is 4.31. The van der Waals surface area contributed by atoms with Crippen LogP contribution in [0.4, 0.5) is 0 Å². The largest absolute Gasteiger partial charge is 0.356 e. The maximum Gasteiger partial charge on any atom is 0.191 e. The number of hydrogen-bond donors (Lipinski definition) is 2. The van der Waals surface area contributed by atoms with Gasteiger partial charge < -0.3 is 10.6 Å². The van der Waals surface area contributed by atoms with Gasteiger partial charge in [-0.05, 0) is 41.1 Å². The Bertz CT molecular complexity index is 366. The Balaban J connectivity index is 1.76. The Morgan fingerprint density at radius 1 is 1.50 bits per heavy atom. The zero-order chi connectivity index (χ0) is 12.8. The van der Waals surface area contributed by atoms with E-state index >= 15 is 0 Å². The second-order valence-corrected chi connectivity index (χ2v) is 5.82. The van der Waals surface area contributed by atoms with Crippen LogP contribution < -0.4 is 10.6 Å². The molecule has 1 atom stereocenters. The summed E-state index contributed by atoms with van der Waals surface area (Å²) in [5.74, 6) is 1.47. The summed E-state index contributed by atoms with van der Waals surface area (Å²) < 4.78 is 0. The first-order valence-corrected chi connectivity index (χ1v) is 7.73. The maximum absolute atomic E-state index is 4.30. The van der Waals surface area contributed by atoms with Gasteiger partial charge in [0.15, 0.2) is 5.96 Å². The SMILES string of the molecule is CN=C(NCC(C)c1ccsc1)NC1CCCC1. The highest BCUT2D eigenvalue weighted by molar-refractivity contribution is 7.07. The van der Waals surface area contributed by atoms with Crippen LogP contribution in [0.25, 0.3) is 0 Å². The van der Waals surface area contributed by atoms with E-state index in [2.05, 4.69) is 39.4 Å². The summed E-state index contributed by atoms with van der Waals surface area (Å²) in [7, 11) is 1.85. The summed E-state index contributed by atoms with van der Waals surface area (Å²) in [6.45, 7) is 3.18. The molecule has 18 heavy (non-hydrogen) atoms. The van der Waals surface area contributed by atoms with Gasteiger partial charge in [0.2, 0.25) is 0 Å². The fourth-order valence-corrected chi connectivity index (χ4v) is 3.16. The van der Waals surface area contributed by atoms with Crippen LogP contribution in [0, 0.1) is 0 Å². The summed E-state index contributed by atoms with van der Waals surface area (Å²) in [6.07, 6.45) is 5.25. The number of thiophene rings is 1. The highest BCUT2D eigenvalue weighted by atomic mass is 32.1. The smallest absolute Gasteiger partial charge is 0.191 e. The minimum absolute atomic E-state index is 0.526. The van der Waals surface area contributed by atoms with Crippen molar-refractivity contribution < 1.29 is 0 Å². The molecule has 0 saturated heterocycles. The average molecular weight is 265 g/mol. The Labute approximate surface area is 114 Å². The molecule has 2 N–H and O–H groups in total. The van der Waals surface area contributed by atoms with E-state index in [0.717, 1.165) is 12.5 Å². The Morgan fingerprint density at radius 2 is 2.28 bits per heavy atom. The van der Waals surface area contributed by atoms with Gasteiger partial charge in [0.05, 0.1) is 0 Å². The molecule has 0 aliphatic heterocycles. The van der Waals surface area contributed by atoms with Crippen LogP contribution in [0.3, 0.4) is 0 Å². The van der Waals surface area contributed by atoms with E-state index in [9.17, 15) is 0 Å². The van der Waals surface area contributed by atoms with Gasteiger partial charge in [-0.3, -0.25) is 4.99 Å². The molecule has 0 amide bonds. The van der Waals surface area contributed by atoms with Crippen LogP contribution in [0.1, 0.15) is 44.1 Å². The van der Waals surface area contributed by atoms with E-state index in [1.54, 1.807) is 11.3 Å². The van der Waals surface area contributed by atoms with Crippen molar-refractivity contribution in [2.24, 2.45) is 4.99 Å². The van der Waals surface area contributed by atoms with Gasteiger partial charge in [-0.1, -0.05) is 19.8 Å². The zero-order valence-corrected chi connectivity index (χ0v) is 12.1. The predicted molar refractivity (Wildman–Crippen MR) is 79.5 cm³/mol. The predicted octanol–water partition coefficient (Wildman–Crippen LogP) is 2.96. The lowest BCUT2D eigenvalue weighted by Gasteiger charge is -2.18. The van der Waals surface area contributed by atoms with E-state index in [1.165, 1.54) is 31.2 Å². The fourth-order valence-electron chi connectivity index (χ4n) is 2.38. The lowest BCUT2D eigenvalue weighted by Crippen LogP contribution is -2.43. The number of guanidine groups is 1.